The van der Waals surface area contributed by atoms with Crippen LogP contribution in [0.5, 0.6) is 0 Å². The van der Waals surface area contributed by atoms with Gasteiger partial charge in [0.15, 0.2) is 0 Å². The molecule has 3 heteroatoms. The van der Waals surface area contributed by atoms with Gasteiger partial charge in [-0.25, -0.2) is 13.3 Å². The molecular formula is C69H81O3+3. The van der Waals surface area contributed by atoms with E-state index in [2.05, 4.69) is 288 Å². The molecule has 0 aliphatic rings. The highest BCUT2D eigenvalue weighted by Gasteiger charge is 2.36. The van der Waals surface area contributed by atoms with Crippen LogP contribution in [0, 0.1) is 0 Å². The van der Waals surface area contributed by atoms with Crippen molar-refractivity contribution in [3.63, 3.8) is 0 Å². The van der Waals surface area contributed by atoms with Crippen molar-refractivity contribution in [3.8, 4) is 33.4 Å². The van der Waals surface area contributed by atoms with Gasteiger partial charge in [-0.15, -0.1) is 0 Å². The van der Waals surface area contributed by atoms with Gasteiger partial charge in [-0.05, 0) is 210 Å². The van der Waals surface area contributed by atoms with E-state index in [0.717, 1.165) is 101 Å². The summed E-state index contributed by atoms with van der Waals surface area (Å²) in [6.45, 7) is 39.6. The lowest BCUT2D eigenvalue weighted by Gasteiger charge is -2.14. The van der Waals surface area contributed by atoms with E-state index < -0.39 is 0 Å². The van der Waals surface area contributed by atoms with Gasteiger partial charge >= 0.3 is 34.6 Å². The van der Waals surface area contributed by atoms with Crippen LogP contribution in [-0.4, -0.2) is 0 Å². The highest BCUT2D eigenvalue weighted by Crippen LogP contribution is 2.37. The van der Waals surface area contributed by atoms with Crippen molar-refractivity contribution in [2.45, 2.75) is 157 Å². The summed E-state index contributed by atoms with van der Waals surface area (Å²) in [4.78, 5) is 0. The normalized spacial score (nSPS) is 13.2. The van der Waals surface area contributed by atoms with Crippen molar-refractivity contribution in [2.24, 2.45) is 0 Å². The molecule has 0 unspecified atom stereocenters. The summed E-state index contributed by atoms with van der Waals surface area (Å²) in [6, 6.07) is 46.8. The largest absolute Gasteiger partial charge is 0.335 e. The average molecular weight is 958 g/mol. The third-order valence-corrected chi connectivity index (χ3v) is 13.0. The SMILES string of the molecule is CC(C)(C)c1cc(C=Cc2ccc(-c3cc(-c4ccc(C=Cc5cc(C(C)(C)C)[o+]c(C(C)(C)C)c5)cc4)cc(-c4ccc(C=Cc5cc(C(C)(C)C)[o+]c(C(C)(C)C)c5)cc4)c3)cc2)cc(C(C)(C)C)[o+]1. The van der Waals surface area contributed by atoms with E-state index in [-0.39, 0.29) is 32.5 Å². The van der Waals surface area contributed by atoms with Crippen LogP contribution in [0.25, 0.3) is 69.8 Å². The van der Waals surface area contributed by atoms with Crippen LogP contribution in [0.3, 0.4) is 0 Å². The molecule has 0 spiro atoms. The first-order chi connectivity index (χ1) is 33.4. The molecule has 3 nitrogen and oxygen atoms in total. The Hall–Kier alpha value is -6.45. The minimum absolute atomic E-state index is 0.100. The molecule has 3 heterocycles. The second-order valence-electron chi connectivity index (χ2n) is 26.0. The topological polar surface area (TPSA) is 33.9 Å². The quantitative estimate of drug-likeness (QED) is 0.135. The summed E-state index contributed by atoms with van der Waals surface area (Å²) in [6.07, 6.45) is 13.2. The summed E-state index contributed by atoms with van der Waals surface area (Å²) in [5.74, 6) is 5.91. The molecule has 7 aromatic rings. The Kier molecular flexibility index (Phi) is 15.0. The molecule has 0 aliphatic carbocycles. The third kappa shape index (κ3) is 13.7. The highest BCUT2D eigenvalue weighted by molar-refractivity contribution is 5.83. The van der Waals surface area contributed by atoms with Crippen LogP contribution >= 0.6 is 0 Å². The number of hydrogen-bond donors (Lipinski definition) is 0. The Morgan fingerprint density at radius 1 is 0.208 bits per heavy atom. The average Bonchev–Trinajstić information content (AvgIpc) is 3.30. The fraction of sp³-hybridized carbons (Fsp3) is 0.348. The minimum Gasteiger partial charge on any atom is -0.217 e. The molecule has 0 bridgehead atoms. The summed E-state index contributed by atoms with van der Waals surface area (Å²) in [5, 5.41) is 0. The van der Waals surface area contributed by atoms with E-state index in [1.807, 2.05) is 0 Å². The van der Waals surface area contributed by atoms with Gasteiger partial charge in [0.2, 0.25) is 0 Å². The second-order valence-corrected chi connectivity index (χ2v) is 26.0. The van der Waals surface area contributed by atoms with Crippen LogP contribution in [0.15, 0.2) is 141 Å². The molecule has 0 atom stereocenters. The van der Waals surface area contributed by atoms with E-state index in [9.17, 15) is 0 Å². The molecule has 0 saturated heterocycles. The van der Waals surface area contributed by atoms with Crippen LogP contribution in [0.1, 0.15) is 193 Å². The molecule has 0 amide bonds. The first kappa shape index (κ1) is 53.4. The maximum Gasteiger partial charge on any atom is 0.335 e. The zero-order valence-corrected chi connectivity index (χ0v) is 46.8. The standard InChI is InChI=1S/C69H81O3/c1-64(2,3)58-37-49(38-59(70-58)65(4,5)6)22-19-46-25-31-52(32-26-46)55-43-56(53-33-27-47(28-34-53)20-23-50-39-60(66(7,8)9)71-61(40-50)67(10,11)12)45-57(44-55)54-35-29-48(30-36-54)21-24-51-41-62(68(13,14)15)72-63(42-51)69(16,17)18/h19-45H,1-18H3/q+3. The maximum absolute atomic E-state index is 6.42. The molecule has 3 aromatic heterocycles. The fourth-order valence-electron chi connectivity index (χ4n) is 8.14. The van der Waals surface area contributed by atoms with Crippen molar-refractivity contribution >= 4 is 36.5 Å². The van der Waals surface area contributed by atoms with Crippen molar-refractivity contribution in [3.05, 3.63) is 195 Å². The predicted octanol–water partition coefficient (Wildman–Crippen LogP) is 20.6. The lowest BCUT2D eigenvalue weighted by Crippen LogP contribution is -2.16. The van der Waals surface area contributed by atoms with Crippen LogP contribution in [-0.2, 0) is 32.5 Å². The van der Waals surface area contributed by atoms with Gasteiger partial charge < -0.3 is 0 Å². The minimum atomic E-state index is -0.100. The van der Waals surface area contributed by atoms with Gasteiger partial charge in [0, 0.05) is 36.4 Å². The molecule has 0 aliphatic heterocycles. The van der Waals surface area contributed by atoms with Gasteiger partial charge in [0.1, 0.15) is 0 Å². The Morgan fingerprint density at radius 3 is 0.542 bits per heavy atom. The summed E-state index contributed by atoms with van der Waals surface area (Å²) in [5.41, 5.74) is 13.2. The van der Waals surface area contributed by atoms with Crippen LogP contribution in [0.4, 0.5) is 0 Å². The molecule has 4 aromatic carbocycles. The Balaban J connectivity index is 1.22. The Bertz CT molecular complexity index is 2660. The zero-order chi connectivity index (χ0) is 52.6. The van der Waals surface area contributed by atoms with Gasteiger partial charge in [0.05, 0.1) is 32.5 Å². The number of hydrogen-bond acceptors (Lipinski definition) is 0. The molecule has 0 saturated carbocycles. The second kappa shape index (κ2) is 20.2. The lowest BCUT2D eigenvalue weighted by atomic mass is 9.88. The molecule has 72 heavy (non-hydrogen) atoms. The molecule has 372 valence electrons. The lowest BCUT2D eigenvalue weighted by molar-refractivity contribution is 0.328. The Labute approximate surface area is 433 Å². The van der Waals surface area contributed by atoms with Gasteiger partial charge in [-0.2, -0.15) is 0 Å². The molecule has 7 rings (SSSR count). The highest BCUT2D eigenvalue weighted by atomic mass is 16.3. The zero-order valence-electron chi connectivity index (χ0n) is 46.8. The van der Waals surface area contributed by atoms with E-state index in [1.165, 1.54) is 0 Å². The molecule has 0 N–H and O–H groups in total. The van der Waals surface area contributed by atoms with Gasteiger partial charge in [0.25, 0.3) is 0 Å². The van der Waals surface area contributed by atoms with E-state index in [1.54, 1.807) is 0 Å². The van der Waals surface area contributed by atoms with Crippen molar-refractivity contribution < 1.29 is 13.3 Å². The van der Waals surface area contributed by atoms with Crippen molar-refractivity contribution in [1.82, 2.24) is 0 Å². The van der Waals surface area contributed by atoms with Crippen molar-refractivity contribution in [1.29, 1.82) is 0 Å². The predicted molar refractivity (Wildman–Crippen MR) is 311 cm³/mol. The monoisotopic (exact) mass is 958 g/mol. The van der Waals surface area contributed by atoms with Gasteiger partial charge in [-0.1, -0.05) is 109 Å². The Morgan fingerprint density at radius 2 is 0.375 bits per heavy atom. The third-order valence-electron chi connectivity index (χ3n) is 13.0. The summed E-state index contributed by atoms with van der Waals surface area (Å²) < 4.78 is 19.3. The van der Waals surface area contributed by atoms with Gasteiger partial charge in [-0.3, -0.25) is 0 Å². The molecular weight excluding hydrogens is 877 g/mol. The van der Waals surface area contributed by atoms with E-state index >= 15 is 0 Å². The first-order valence-corrected chi connectivity index (χ1v) is 25.9. The van der Waals surface area contributed by atoms with Crippen molar-refractivity contribution in [2.75, 3.05) is 0 Å². The molecule has 0 radical (unpaired) electrons. The molecule has 0 fully saturated rings. The van der Waals surface area contributed by atoms with E-state index in [0.29, 0.717) is 0 Å². The first-order valence-electron chi connectivity index (χ1n) is 25.9. The fourth-order valence-corrected chi connectivity index (χ4v) is 8.14. The van der Waals surface area contributed by atoms with Crippen LogP contribution in [0.2, 0.25) is 0 Å². The van der Waals surface area contributed by atoms with Crippen LogP contribution < -0.4 is 0 Å². The maximum atomic E-state index is 6.42. The van der Waals surface area contributed by atoms with E-state index in [4.69, 9.17) is 13.3 Å². The summed E-state index contributed by atoms with van der Waals surface area (Å²) in [7, 11) is 0. The summed E-state index contributed by atoms with van der Waals surface area (Å²) >= 11 is 0. The number of benzene rings is 4. The smallest absolute Gasteiger partial charge is 0.217 e. The number of rotatable bonds is 9.